The number of aromatic nitrogens is 2. The number of hydrogen-bond donors (Lipinski definition) is 0. The molecule has 4 aromatic carbocycles. The van der Waals surface area contributed by atoms with Gasteiger partial charge in [0.05, 0.1) is 22.7 Å². The Labute approximate surface area is 177 Å². The van der Waals surface area contributed by atoms with Crippen LogP contribution in [0.3, 0.4) is 0 Å². The summed E-state index contributed by atoms with van der Waals surface area (Å²) in [6.07, 6.45) is 0. The van der Waals surface area contributed by atoms with E-state index in [-0.39, 0.29) is 5.91 Å². The van der Waals surface area contributed by atoms with E-state index >= 15 is 0 Å². The van der Waals surface area contributed by atoms with Crippen molar-refractivity contribution in [2.24, 2.45) is 0 Å². The molecule has 0 saturated carbocycles. The third-order valence-electron chi connectivity index (χ3n) is 5.11. The van der Waals surface area contributed by atoms with Crippen molar-refractivity contribution in [2.45, 2.75) is 0 Å². The molecule has 1 heterocycles. The molecule has 4 nitrogen and oxygen atoms in total. The summed E-state index contributed by atoms with van der Waals surface area (Å²) in [6.45, 7) is 0. The highest BCUT2D eigenvalue weighted by Gasteiger charge is 2.21. The van der Waals surface area contributed by atoms with Gasteiger partial charge in [-0.25, -0.2) is 4.98 Å². The van der Waals surface area contributed by atoms with Crippen molar-refractivity contribution in [1.29, 1.82) is 5.26 Å². The molecule has 0 saturated heterocycles. The third kappa shape index (κ3) is 2.93. The predicted octanol–water partition coefficient (Wildman–Crippen LogP) is 6.07. The fourth-order valence-electron chi connectivity index (χ4n) is 3.67. The molecule has 5 aromatic rings. The number of carbonyl (C=O) groups is 1. The Morgan fingerprint density at radius 3 is 2.50 bits per heavy atom. The lowest BCUT2D eigenvalue weighted by Gasteiger charge is -2.10. The molecule has 0 atom stereocenters. The van der Waals surface area contributed by atoms with Crippen molar-refractivity contribution in [2.75, 3.05) is 0 Å². The molecule has 30 heavy (non-hydrogen) atoms. The van der Waals surface area contributed by atoms with Crippen LogP contribution in [-0.2, 0) is 0 Å². The third-order valence-corrected chi connectivity index (χ3v) is 5.35. The fraction of sp³-hybridized carbons (Fsp3) is 0. The first-order valence-corrected chi connectivity index (χ1v) is 9.74. The lowest BCUT2D eigenvalue weighted by molar-refractivity contribution is 0.0966. The van der Waals surface area contributed by atoms with Gasteiger partial charge in [-0.2, -0.15) is 5.26 Å². The van der Waals surface area contributed by atoms with E-state index in [1.807, 2.05) is 48.5 Å². The lowest BCUT2D eigenvalue weighted by Crippen LogP contribution is -2.13. The summed E-state index contributed by atoms with van der Waals surface area (Å²) >= 11 is 6.24. The van der Waals surface area contributed by atoms with Crippen LogP contribution in [0.1, 0.15) is 15.9 Å². The van der Waals surface area contributed by atoms with Gasteiger partial charge < -0.3 is 0 Å². The second kappa shape index (κ2) is 7.14. The van der Waals surface area contributed by atoms with E-state index in [0.717, 1.165) is 16.3 Å². The van der Waals surface area contributed by atoms with Gasteiger partial charge in [-0.15, -0.1) is 0 Å². The largest absolute Gasteiger partial charge is 0.268 e. The highest BCUT2D eigenvalue weighted by molar-refractivity contribution is 6.31. The average molecular weight is 408 g/mol. The summed E-state index contributed by atoms with van der Waals surface area (Å²) in [5.74, 6) is 0.325. The maximum atomic E-state index is 13.6. The second-order valence-electron chi connectivity index (χ2n) is 6.92. The van der Waals surface area contributed by atoms with Crippen LogP contribution >= 0.6 is 11.6 Å². The second-order valence-corrected chi connectivity index (χ2v) is 7.36. The first-order chi connectivity index (χ1) is 14.7. The molecule has 0 radical (unpaired) electrons. The van der Waals surface area contributed by atoms with Crippen LogP contribution in [-0.4, -0.2) is 15.5 Å². The Morgan fingerprint density at radius 1 is 0.933 bits per heavy atom. The number of rotatable bonds is 2. The van der Waals surface area contributed by atoms with Crippen LogP contribution in [0.2, 0.25) is 5.02 Å². The number of fused-ring (bicyclic) bond motifs is 2. The molecule has 0 bridgehead atoms. The van der Waals surface area contributed by atoms with Crippen LogP contribution in [0, 0.1) is 11.3 Å². The van der Waals surface area contributed by atoms with Crippen LogP contribution in [0.4, 0.5) is 0 Å². The van der Waals surface area contributed by atoms with Crippen molar-refractivity contribution < 1.29 is 4.79 Å². The molecular weight excluding hydrogens is 394 g/mol. The van der Waals surface area contributed by atoms with E-state index < -0.39 is 0 Å². The summed E-state index contributed by atoms with van der Waals surface area (Å²) in [4.78, 5) is 18.3. The molecule has 0 N–H and O–H groups in total. The average Bonchev–Trinajstić information content (AvgIpc) is 3.16. The Balaban J connectivity index is 1.80. The van der Waals surface area contributed by atoms with Crippen molar-refractivity contribution >= 4 is 39.3 Å². The standard InChI is InChI=1S/C25H14ClN3O/c26-19-12-13-22-23(14-19)29(25(30)18-10-8-16(15-27)9-11-18)24(28-22)21-7-3-5-17-4-1-2-6-20(17)21/h1-14H. The van der Waals surface area contributed by atoms with Crippen molar-refractivity contribution in [3.8, 4) is 17.5 Å². The van der Waals surface area contributed by atoms with Gasteiger partial charge in [0, 0.05) is 16.1 Å². The van der Waals surface area contributed by atoms with E-state index in [9.17, 15) is 4.79 Å². The summed E-state index contributed by atoms with van der Waals surface area (Å²) in [5.41, 5.74) is 3.15. The molecule has 1 aromatic heterocycles. The van der Waals surface area contributed by atoms with Gasteiger partial charge in [0.25, 0.3) is 5.91 Å². The van der Waals surface area contributed by atoms with Gasteiger partial charge >= 0.3 is 0 Å². The number of imidazole rings is 1. The van der Waals surface area contributed by atoms with Crippen molar-refractivity contribution in [3.05, 3.63) is 101 Å². The minimum absolute atomic E-state index is 0.229. The number of nitrogens with zero attached hydrogens (tertiary/aromatic N) is 3. The smallest absolute Gasteiger partial charge is 0.264 e. The van der Waals surface area contributed by atoms with E-state index in [0.29, 0.717) is 33.0 Å². The van der Waals surface area contributed by atoms with Crippen LogP contribution in [0.5, 0.6) is 0 Å². The summed E-state index contributed by atoms with van der Waals surface area (Å²) in [7, 11) is 0. The van der Waals surface area contributed by atoms with E-state index in [4.69, 9.17) is 21.8 Å². The Hall–Kier alpha value is -3.94. The zero-order valence-electron chi connectivity index (χ0n) is 15.7. The summed E-state index contributed by atoms with van der Waals surface area (Å²) in [6, 6.07) is 28.0. The zero-order valence-corrected chi connectivity index (χ0v) is 16.5. The maximum Gasteiger partial charge on any atom is 0.264 e. The van der Waals surface area contributed by atoms with Gasteiger partial charge in [-0.05, 0) is 53.2 Å². The molecular formula is C25H14ClN3O. The van der Waals surface area contributed by atoms with E-state index in [1.165, 1.54) is 0 Å². The van der Waals surface area contributed by atoms with Crippen molar-refractivity contribution in [1.82, 2.24) is 9.55 Å². The van der Waals surface area contributed by atoms with E-state index in [1.54, 1.807) is 41.0 Å². The van der Waals surface area contributed by atoms with Gasteiger partial charge in [0.15, 0.2) is 0 Å². The van der Waals surface area contributed by atoms with Gasteiger partial charge in [-0.3, -0.25) is 9.36 Å². The first kappa shape index (κ1) is 18.1. The van der Waals surface area contributed by atoms with Crippen molar-refractivity contribution in [3.63, 3.8) is 0 Å². The Morgan fingerprint density at radius 2 is 1.70 bits per heavy atom. The first-order valence-electron chi connectivity index (χ1n) is 9.37. The highest BCUT2D eigenvalue weighted by Crippen LogP contribution is 2.32. The molecule has 5 heteroatoms. The van der Waals surface area contributed by atoms with E-state index in [2.05, 4.69) is 6.07 Å². The van der Waals surface area contributed by atoms with Gasteiger partial charge in [0.1, 0.15) is 5.82 Å². The SMILES string of the molecule is N#Cc1ccc(C(=O)n2c(-c3cccc4ccccc34)nc3ccc(Cl)cc32)cc1. The Bertz CT molecular complexity index is 1470. The molecule has 0 aliphatic heterocycles. The van der Waals surface area contributed by atoms with Gasteiger partial charge in [0.2, 0.25) is 0 Å². The number of hydrogen-bond acceptors (Lipinski definition) is 3. The zero-order chi connectivity index (χ0) is 20.7. The lowest BCUT2D eigenvalue weighted by atomic mass is 10.0. The molecule has 0 fully saturated rings. The quantitative estimate of drug-likeness (QED) is 0.357. The minimum atomic E-state index is -0.229. The van der Waals surface area contributed by atoms with Crippen LogP contribution in [0.25, 0.3) is 33.2 Å². The number of benzene rings is 4. The molecule has 0 aliphatic carbocycles. The number of nitriles is 1. The fourth-order valence-corrected chi connectivity index (χ4v) is 3.84. The Kier molecular flexibility index (Phi) is 4.31. The number of carbonyl (C=O) groups excluding carboxylic acids is 1. The minimum Gasteiger partial charge on any atom is -0.268 e. The number of halogens is 1. The predicted molar refractivity (Wildman–Crippen MR) is 119 cm³/mol. The molecule has 5 rings (SSSR count). The maximum absolute atomic E-state index is 13.6. The molecule has 0 aliphatic rings. The molecule has 0 unspecified atom stereocenters. The van der Waals surface area contributed by atoms with Gasteiger partial charge in [-0.1, -0.05) is 54.1 Å². The summed E-state index contributed by atoms with van der Waals surface area (Å²) < 4.78 is 1.60. The summed E-state index contributed by atoms with van der Waals surface area (Å²) in [5, 5.41) is 11.7. The van der Waals surface area contributed by atoms with Crippen LogP contribution in [0.15, 0.2) is 84.9 Å². The molecule has 142 valence electrons. The van der Waals surface area contributed by atoms with Crippen LogP contribution < -0.4 is 0 Å². The highest BCUT2D eigenvalue weighted by atomic mass is 35.5. The molecule has 0 spiro atoms. The topological polar surface area (TPSA) is 58.7 Å². The molecule has 0 amide bonds. The normalized spacial score (nSPS) is 10.9. The monoisotopic (exact) mass is 407 g/mol.